The van der Waals surface area contributed by atoms with Gasteiger partial charge in [-0.15, -0.1) is 0 Å². The van der Waals surface area contributed by atoms with E-state index in [0.29, 0.717) is 23.5 Å². The molecule has 4 rings (SSSR count). The molecule has 23 heavy (non-hydrogen) atoms. The number of aliphatic carboxylic acids is 1. The summed E-state index contributed by atoms with van der Waals surface area (Å²) in [7, 11) is 0. The number of halogens is 1. The molecule has 1 aromatic rings. The molecular weight excluding hydrogens is 295 g/mol. The van der Waals surface area contributed by atoms with Crippen molar-refractivity contribution in [2.75, 3.05) is 0 Å². The summed E-state index contributed by atoms with van der Waals surface area (Å²) in [5.74, 6) is 1.29. The van der Waals surface area contributed by atoms with Crippen LogP contribution >= 0.6 is 0 Å². The van der Waals surface area contributed by atoms with Crippen molar-refractivity contribution in [2.45, 2.75) is 52.1 Å². The predicted molar refractivity (Wildman–Crippen MR) is 85.8 cm³/mol. The average Bonchev–Trinajstić information content (AvgIpc) is 2.52. The van der Waals surface area contributed by atoms with Crippen LogP contribution in [-0.4, -0.2) is 17.2 Å². The lowest BCUT2D eigenvalue weighted by atomic mass is 9.45. The van der Waals surface area contributed by atoms with Crippen molar-refractivity contribution in [1.82, 2.24) is 0 Å². The monoisotopic (exact) mass is 320 g/mol. The van der Waals surface area contributed by atoms with Crippen molar-refractivity contribution < 1.29 is 19.0 Å². The van der Waals surface area contributed by atoms with Gasteiger partial charge in [0.2, 0.25) is 0 Å². The minimum atomic E-state index is -0.948. The summed E-state index contributed by atoms with van der Waals surface area (Å²) in [6.07, 6.45) is 4.31. The number of benzene rings is 1. The molecule has 0 spiro atoms. The standard InChI is InChI=1S/C19H25FO3/c1-19(2)13-5-3-12(16(19)11-13)4-10-17(18(21)22)23-15-8-6-14(20)7-9-15/h6-9,12-13,16-17H,3-5,10-11H2,1-2H3,(H,21,22). The van der Waals surface area contributed by atoms with Crippen molar-refractivity contribution in [3.05, 3.63) is 30.1 Å². The summed E-state index contributed by atoms with van der Waals surface area (Å²) in [6.45, 7) is 4.70. The molecule has 3 saturated carbocycles. The third-order valence-electron chi connectivity index (χ3n) is 6.17. The summed E-state index contributed by atoms with van der Waals surface area (Å²) >= 11 is 0. The van der Waals surface area contributed by atoms with E-state index in [9.17, 15) is 14.3 Å². The highest BCUT2D eigenvalue weighted by Gasteiger charge is 2.53. The predicted octanol–water partition coefficient (Wildman–Crippen LogP) is 4.51. The molecule has 2 bridgehead atoms. The molecule has 0 saturated heterocycles. The second kappa shape index (κ2) is 6.14. The van der Waals surface area contributed by atoms with Gasteiger partial charge in [0.15, 0.2) is 6.10 Å². The molecule has 4 unspecified atom stereocenters. The molecule has 0 aliphatic heterocycles. The van der Waals surface area contributed by atoms with Crippen molar-refractivity contribution in [3.63, 3.8) is 0 Å². The third-order valence-corrected chi connectivity index (χ3v) is 6.17. The summed E-state index contributed by atoms with van der Waals surface area (Å²) in [6, 6.07) is 5.52. The Morgan fingerprint density at radius 3 is 2.61 bits per heavy atom. The minimum Gasteiger partial charge on any atom is -0.479 e. The molecule has 4 heteroatoms. The number of carbonyl (C=O) groups is 1. The van der Waals surface area contributed by atoms with Gasteiger partial charge >= 0.3 is 5.97 Å². The van der Waals surface area contributed by atoms with Gasteiger partial charge < -0.3 is 9.84 Å². The van der Waals surface area contributed by atoms with Crippen LogP contribution in [0.25, 0.3) is 0 Å². The zero-order valence-corrected chi connectivity index (χ0v) is 13.8. The van der Waals surface area contributed by atoms with Crippen molar-refractivity contribution in [3.8, 4) is 5.75 Å². The maximum atomic E-state index is 12.9. The average molecular weight is 320 g/mol. The summed E-state index contributed by atoms with van der Waals surface area (Å²) in [5, 5.41) is 9.40. The van der Waals surface area contributed by atoms with Crippen LogP contribution in [0, 0.1) is 29.0 Å². The van der Waals surface area contributed by atoms with Crippen molar-refractivity contribution in [2.24, 2.45) is 23.2 Å². The Morgan fingerprint density at radius 1 is 1.35 bits per heavy atom. The normalized spacial score (nSPS) is 29.4. The van der Waals surface area contributed by atoms with Crippen LogP contribution in [0.15, 0.2) is 24.3 Å². The van der Waals surface area contributed by atoms with Crippen LogP contribution in [0.3, 0.4) is 0 Å². The van der Waals surface area contributed by atoms with E-state index in [2.05, 4.69) is 13.8 Å². The lowest BCUT2D eigenvalue weighted by molar-refractivity contribution is -0.146. The smallest absolute Gasteiger partial charge is 0.344 e. The van der Waals surface area contributed by atoms with Gasteiger partial charge in [0, 0.05) is 0 Å². The quantitative estimate of drug-likeness (QED) is 0.839. The third kappa shape index (κ3) is 3.22. The highest BCUT2D eigenvalue weighted by Crippen LogP contribution is 2.62. The van der Waals surface area contributed by atoms with E-state index in [1.165, 1.54) is 43.5 Å². The van der Waals surface area contributed by atoms with E-state index in [4.69, 9.17) is 4.74 Å². The van der Waals surface area contributed by atoms with Crippen LogP contribution in [0.4, 0.5) is 4.39 Å². The molecule has 4 atom stereocenters. The van der Waals surface area contributed by atoms with E-state index in [-0.39, 0.29) is 5.82 Å². The van der Waals surface area contributed by atoms with Crippen LogP contribution in [0.5, 0.6) is 5.75 Å². The van der Waals surface area contributed by atoms with Gasteiger partial charge in [-0.25, -0.2) is 9.18 Å². The first kappa shape index (κ1) is 16.3. The fourth-order valence-corrected chi connectivity index (χ4v) is 4.58. The van der Waals surface area contributed by atoms with Crippen LogP contribution in [0.1, 0.15) is 46.0 Å². The number of fused-ring (bicyclic) bond motifs is 2. The Bertz CT molecular complexity index is 564. The maximum absolute atomic E-state index is 12.9. The summed E-state index contributed by atoms with van der Waals surface area (Å²) in [5.41, 5.74) is 0.416. The lowest BCUT2D eigenvalue weighted by Gasteiger charge is -2.60. The van der Waals surface area contributed by atoms with Crippen LogP contribution in [-0.2, 0) is 4.79 Å². The number of carboxylic acid groups (broad SMARTS) is 1. The Balaban J connectivity index is 1.57. The number of hydrogen-bond acceptors (Lipinski definition) is 2. The van der Waals surface area contributed by atoms with Gasteiger partial charge in [-0.05, 0) is 79.5 Å². The second-order valence-electron chi connectivity index (χ2n) is 7.67. The molecule has 126 valence electrons. The number of ether oxygens (including phenoxy) is 1. The van der Waals surface area contributed by atoms with E-state index >= 15 is 0 Å². The molecule has 0 radical (unpaired) electrons. The Kier molecular flexibility index (Phi) is 4.35. The number of hydrogen-bond donors (Lipinski definition) is 1. The zero-order valence-electron chi connectivity index (χ0n) is 13.8. The van der Waals surface area contributed by atoms with Gasteiger partial charge in [0.1, 0.15) is 11.6 Å². The van der Waals surface area contributed by atoms with E-state index < -0.39 is 12.1 Å². The first-order valence-corrected chi connectivity index (χ1v) is 8.53. The molecule has 0 amide bonds. The number of rotatable bonds is 6. The van der Waals surface area contributed by atoms with Crippen LogP contribution < -0.4 is 4.74 Å². The zero-order chi connectivity index (χ0) is 16.6. The fourth-order valence-electron chi connectivity index (χ4n) is 4.58. The second-order valence-corrected chi connectivity index (χ2v) is 7.67. The van der Waals surface area contributed by atoms with E-state index in [1.54, 1.807) is 0 Å². The lowest BCUT2D eigenvalue weighted by Crippen LogP contribution is -2.52. The molecule has 0 aromatic heterocycles. The number of carboxylic acids is 1. The highest BCUT2D eigenvalue weighted by molar-refractivity contribution is 5.72. The van der Waals surface area contributed by atoms with Crippen molar-refractivity contribution >= 4 is 5.97 Å². The molecule has 0 heterocycles. The van der Waals surface area contributed by atoms with Crippen LogP contribution in [0.2, 0.25) is 0 Å². The Labute approximate surface area is 136 Å². The maximum Gasteiger partial charge on any atom is 0.344 e. The molecule has 3 fully saturated rings. The molecule has 3 aliphatic carbocycles. The first-order valence-electron chi connectivity index (χ1n) is 8.53. The van der Waals surface area contributed by atoms with Gasteiger partial charge in [0.25, 0.3) is 0 Å². The fraction of sp³-hybridized carbons (Fsp3) is 0.632. The highest BCUT2D eigenvalue weighted by atomic mass is 19.1. The van der Waals surface area contributed by atoms with Crippen molar-refractivity contribution in [1.29, 1.82) is 0 Å². The largest absolute Gasteiger partial charge is 0.479 e. The van der Waals surface area contributed by atoms with Gasteiger partial charge in [-0.3, -0.25) is 0 Å². The van der Waals surface area contributed by atoms with Gasteiger partial charge in [-0.1, -0.05) is 13.8 Å². The molecule has 1 aromatic carbocycles. The van der Waals surface area contributed by atoms with E-state index in [0.717, 1.165) is 18.3 Å². The molecular formula is C19H25FO3. The molecule has 3 nitrogen and oxygen atoms in total. The Morgan fingerprint density at radius 2 is 2.04 bits per heavy atom. The molecule has 1 N–H and O–H groups in total. The minimum absolute atomic E-state index is 0.354. The van der Waals surface area contributed by atoms with Gasteiger partial charge in [0.05, 0.1) is 0 Å². The summed E-state index contributed by atoms with van der Waals surface area (Å²) < 4.78 is 18.5. The van der Waals surface area contributed by atoms with E-state index in [1.807, 2.05) is 0 Å². The SMILES string of the molecule is CC1(C)C2CCC(CCC(Oc3ccc(F)cc3)C(=O)O)C1C2. The molecule has 3 aliphatic rings. The van der Waals surface area contributed by atoms with Gasteiger partial charge in [-0.2, -0.15) is 0 Å². The Hall–Kier alpha value is -1.58. The summed E-state index contributed by atoms with van der Waals surface area (Å²) in [4.78, 5) is 11.5. The topological polar surface area (TPSA) is 46.5 Å². The first-order chi connectivity index (χ1) is 10.9.